The van der Waals surface area contributed by atoms with Crippen LogP contribution >= 0.6 is 11.6 Å². The van der Waals surface area contributed by atoms with Crippen molar-refractivity contribution in [3.8, 4) is 11.3 Å². The number of H-pyrrole nitrogens is 1. The Bertz CT molecular complexity index is 1800. The van der Waals surface area contributed by atoms with Crippen molar-refractivity contribution in [1.82, 2.24) is 24.8 Å². The SMILES string of the molecule is COC(=O)Nc1cccc(NC(=O)[C@H](C)CCC[C@@H](c2ncc(-c3cncnc3)[nH]2)N2CCC(c3c(F)ccc(Cl)c3F)=CC2=O)c1. The topological polar surface area (TPSA) is 142 Å². The van der Waals surface area contributed by atoms with E-state index in [0.717, 1.165) is 12.1 Å². The van der Waals surface area contributed by atoms with Crippen LogP contribution in [0.25, 0.3) is 16.8 Å². The number of anilines is 2. The van der Waals surface area contributed by atoms with E-state index < -0.39 is 29.7 Å². The van der Waals surface area contributed by atoms with Crippen molar-refractivity contribution in [2.24, 2.45) is 5.92 Å². The Kier molecular flexibility index (Phi) is 10.6. The highest BCUT2D eigenvalue weighted by atomic mass is 35.5. The Morgan fingerprint density at radius 2 is 1.83 bits per heavy atom. The van der Waals surface area contributed by atoms with E-state index in [1.165, 1.54) is 19.5 Å². The number of aromatic nitrogens is 4. The Labute approximate surface area is 274 Å². The summed E-state index contributed by atoms with van der Waals surface area (Å²) in [6.45, 7) is 1.98. The van der Waals surface area contributed by atoms with Crippen LogP contribution in [0.15, 0.2) is 67.4 Å². The van der Waals surface area contributed by atoms with E-state index in [1.54, 1.807) is 54.7 Å². The first kappa shape index (κ1) is 33.2. The third-order valence-electron chi connectivity index (χ3n) is 7.85. The Morgan fingerprint density at radius 1 is 1.09 bits per heavy atom. The number of amides is 3. The number of hydrogen-bond acceptors (Lipinski definition) is 7. The normalized spacial score (nSPS) is 14.3. The lowest BCUT2D eigenvalue weighted by molar-refractivity contribution is -0.129. The van der Waals surface area contributed by atoms with Crippen LogP contribution in [0.5, 0.6) is 0 Å². The zero-order chi connectivity index (χ0) is 33.5. The zero-order valence-electron chi connectivity index (χ0n) is 25.6. The predicted molar refractivity (Wildman–Crippen MR) is 172 cm³/mol. The molecule has 0 aliphatic carbocycles. The summed E-state index contributed by atoms with van der Waals surface area (Å²) in [5.74, 6) is -2.22. The number of carbonyl (C=O) groups excluding carboxylic acids is 3. The standard InChI is InChI=1S/C33H32ClF2N7O4/c1-19(32(45)40-22-6-4-7-23(14-22)41-33(46)47-2)5-3-8-27(31-39-17-26(42-31)21-15-37-18-38-16-21)43-12-11-20(13-28(43)44)29-25(35)10-9-24(34)30(29)36/h4,6-7,9-10,13-19,27H,3,5,8,11-12H2,1-2H3,(H,39,42)(H,40,45)(H,41,46)/t19-,27+/m1/s1. The molecule has 0 radical (unpaired) electrons. The Morgan fingerprint density at radius 3 is 2.55 bits per heavy atom. The molecule has 0 saturated heterocycles. The second-order valence-electron chi connectivity index (χ2n) is 11.0. The molecule has 0 unspecified atom stereocenters. The molecule has 1 aliphatic rings. The van der Waals surface area contributed by atoms with Crippen LogP contribution < -0.4 is 10.6 Å². The summed E-state index contributed by atoms with van der Waals surface area (Å²) in [6, 6.07) is 8.38. The lowest BCUT2D eigenvalue weighted by Crippen LogP contribution is -2.38. The molecule has 0 fully saturated rings. The molecule has 3 heterocycles. The summed E-state index contributed by atoms with van der Waals surface area (Å²) >= 11 is 5.90. The van der Waals surface area contributed by atoms with E-state index in [2.05, 4.69) is 35.3 Å². The highest BCUT2D eigenvalue weighted by molar-refractivity contribution is 6.31. The maximum absolute atomic E-state index is 14.8. The van der Waals surface area contributed by atoms with Gasteiger partial charge in [-0.15, -0.1) is 0 Å². The minimum Gasteiger partial charge on any atom is -0.453 e. The minimum absolute atomic E-state index is 0.178. The number of aromatic amines is 1. The average Bonchev–Trinajstić information content (AvgIpc) is 3.56. The third kappa shape index (κ3) is 7.98. The van der Waals surface area contributed by atoms with Gasteiger partial charge in [0.15, 0.2) is 5.82 Å². The van der Waals surface area contributed by atoms with Crippen molar-refractivity contribution in [3.63, 3.8) is 0 Å². The number of imidazole rings is 1. The molecule has 47 heavy (non-hydrogen) atoms. The molecular weight excluding hydrogens is 632 g/mol. The summed E-state index contributed by atoms with van der Waals surface area (Å²) < 4.78 is 34.0. The van der Waals surface area contributed by atoms with Gasteiger partial charge in [-0.1, -0.05) is 31.0 Å². The molecule has 11 nitrogen and oxygen atoms in total. The third-order valence-corrected chi connectivity index (χ3v) is 8.14. The van der Waals surface area contributed by atoms with Crippen molar-refractivity contribution in [2.45, 2.75) is 38.6 Å². The molecule has 0 bridgehead atoms. The highest BCUT2D eigenvalue weighted by Crippen LogP contribution is 2.35. The summed E-state index contributed by atoms with van der Waals surface area (Å²) in [4.78, 5) is 55.6. The van der Waals surface area contributed by atoms with Gasteiger partial charge in [-0.2, -0.15) is 0 Å². The lowest BCUT2D eigenvalue weighted by Gasteiger charge is -2.33. The first-order valence-corrected chi connectivity index (χ1v) is 15.2. The van der Waals surface area contributed by atoms with Crippen LogP contribution in [0.3, 0.4) is 0 Å². The molecule has 244 valence electrons. The highest BCUT2D eigenvalue weighted by Gasteiger charge is 2.31. The molecule has 14 heteroatoms. The quantitative estimate of drug-likeness (QED) is 0.150. The fourth-order valence-electron chi connectivity index (χ4n) is 5.37. The number of methoxy groups -OCH3 is 1. The average molecular weight is 664 g/mol. The van der Waals surface area contributed by atoms with E-state index in [9.17, 15) is 23.2 Å². The number of halogens is 3. The van der Waals surface area contributed by atoms with Gasteiger partial charge in [-0.25, -0.2) is 28.5 Å². The fraction of sp³-hybridized carbons (Fsp3) is 0.273. The molecule has 0 saturated carbocycles. The fourth-order valence-corrected chi connectivity index (χ4v) is 5.53. The zero-order valence-corrected chi connectivity index (χ0v) is 26.4. The van der Waals surface area contributed by atoms with E-state index in [-0.39, 0.29) is 40.9 Å². The molecule has 4 aromatic rings. The number of carbonyl (C=O) groups is 3. The number of ether oxygens (including phenoxy) is 1. The van der Waals surface area contributed by atoms with Gasteiger partial charge in [-0.3, -0.25) is 14.9 Å². The summed E-state index contributed by atoms with van der Waals surface area (Å²) in [5.41, 5.74) is 2.26. The van der Waals surface area contributed by atoms with Gasteiger partial charge in [-0.05, 0) is 55.2 Å². The van der Waals surface area contributed by atoms with Crippen LogP contribution in [0, 0.1) is 17.6 Å². The van der Waals surface area contributed by atoms with Gasteiger partial charge in [0.25, 0.3) is 0 Å². The molecule has 5 rings (SSSR count). The number of nitrogens with one attached hydrogen (secondary N) is 3. The van der Waals surface area contributed by atoms with Crippen LogP contribution in [-0.4, -0.2) is 56.4 Å². The van der Waals surface area contributed by atoms with Crippen molar-refractivity contribution in [1.29, 1.82) is 0 Å². The van der Waals surface area contributed by atoms with E-state index >= 15 is 0 Å². The smallest absolute Gasteiger partial charge is 0.411 e. The van der Waals surface area contributed by atoms with Gasteiger partial charge in [0, 0.05) is 47.9 Å². The van der Waals surface area contributed by atoms with Crippen molar-refractivity contribution in [3.05, 3.63) is 95.4 Å². The van der Waals surface area contributed by atoms with Gasteiger partial charge < -0.3 is 19.9 Å². The number of rotatable bonds is 11. The van der Waals surface area contributed by atoms with Gasteiger partial charge in [0.1, 0.15) is 18.0 Å². The second-order valence-corrected chi connectivity index (χ2v) is 11.4. The Balaban J connectivity index is 1.30. The summed E-state index contributed by atoms with van der Waals surface area (Å²) in [6.07, 6.45) is 8.61. The summed E-state index contributed by atoms with van der Waals surface area (Å²) in [7, 11) is 1.26. The molecule has 2 atom stereocenters. The van der Waals surface area contributed by atoms with E-state index in [0.29, 0.717) is 47.7 Å². The number of benzene rings is 2. The largest absolute Gasteiger partial charge is 0.453 e. The van der Waals surface area contributed by atoms with Crippen LogP contribution in [0.4, 0.5) is 25.0 Å². The first-order chi connectivity index (χ1) is 22.6. The minimum atomic E-state index is -0.907. The molecule has 1 aliphatic heterocycles. The summed E-state index contributed by atoms with van der Waals surface area (Å²) in [5, 5.41) is 5.19. The van der Waals surface area contributed by atoms with Crippen LogP contribution in [0.2, 0.25) is 5.02 Å². The number of hydrogen-bond donors (Lipinski definition) is 3. The molecular formula is C33H32ClF2N7O4. The van der Waals surface area contributed by atoms with E-state index in [1.807, 2.05) is 0 Å². The van der Waals surface area contributed by atoms with Crippen molar-refractivity contribution < 1.29 is 27.9 Å². The molecule has 0 spiro atoms. The number of nitrogens with zero attached hydrogens (tertiary/aromatic N) is 4. The molecule has 3 amide bonds. The second kappa shape index (κ2) is 14.9. The van der Waals surface area contributed by atoms with Gasteiger partial charge >= 0.3 is 6.09 Å². The van der Waals surface area contributed by atoms with Gasteiger partial charge in [0.05, 0.1) is 35.6 Å². The molecule has 2 aromatic heterocycles. The molecule has 2 aromatic carbocycles. The van der Waals surface area contributed by atoms with Gasteiger partial charge in [0.2, 0.25) is 11.8 Å². The van der Waals surface area contributed by atoms with Crippen molar-refractivity contribution in [2.75, 3.05) is 24.3 Å². The Hall–Kier alpha value is -5.17. The van der Waals surface area contributed by atoms with Crippen LogP contribution in [-0.2, 0) is 14.3 Å². The van der Waals surface area contributed by atoms with Crippen LogP contribution in [0.1, 0.15) is 50.0 Å². The maximum Gasteiger partial charge on any atom is 0.411 e. The first-order valence-electron chi connectivity index (χ1n) is 14.9. The lowest BCUT2D eigenvalue weighted by atomic mass is 9.95. The van der Waals surface area contributed by atoms with E-state index in [4.69, 9.17) is 11.6 Å². The maximum atomic E-state index is 14.8. The predicted octanol–water partition coefficient (Wildman–Crippen LogP) is 6.78. The van der Waals surface area contributed by atoms with Crippen molar-refractivity contribution >= 4 is 46.5 Å². The molecule has 3 N–H and O–H groups in total. The monoisotopic (exact) mass is 663 g/mol.